The predicted octanol–water partition coefficient (Wildman–Crippen LogP) is 1.68. The van der Waals surface area contributed by atoms with E-state index in [4.69, 9.17) is 9.68 Å². The number of aryl methyl sites for hydroxylation is 2. The summed E-state index contributed by atoms with van der Waals surface area (Å²) < 4.78 is 0. The van der Waals surface area contributed by atoms with E-state index in [9.17, 15) is 29.7 Å². The largest absolute Gasteiger partial charge is 0.388 e. The van der Waals surface area contributed by atoms with E-state index in [0.29, 0.717) is 25.1 Å². The molecule has 11 heteroatoms. The number of amides is 3. The number of nitrogens with zero attached hydrogens (tertiary/aromatic N) is 1. The fourth-order valence-electron chi connectivity index (χ4n) is 3.94. The molecule has 0 radical (unpaired) electrons. The lowest BCUT2D eigenvalue weighted by Crippen LogP contribution is -2.44. The first-order chi connectivity index (χ1) is 19.2. The van der Waals surface area contributed by atoms with Crippen LogP contribution < -0.4 is 11.0 Å². The van der Waals surface area contributed by atoms with Crippen molar-refractivity contribution in [3.05, 3.63) is 70.8 Å². The summed E-state index contributed by atoms with van der Waals surface area (Å²) in [7, 11) is 0. The smallest absolute Gasteiger partial charge is 0.274 e. The number of hydroxylamine groups is 2. The van der Waals surface area contributed by atoms with Crippen molar-refractivity contribution in [1.29, 1.82) is 0 Å². The van der Waals surface area contributed by atoms with Gasteiger partial charge < -0.3 is 20.2 Å². The number of aliphatic hydroxyl groups is 3. The van der Waals surface area contributed by atoms with Gasteiger partial charge >= 0.3 is 0 Å². The van der Waals surface area contributed by atoms with Gasteiger partial charge in [-0.25, -0.2) is 11.0 Å². The molecule has 2 rings (SSSR count). The highest BCUT2D eigenvalue weighted by Crippen LogP contribution is 2.14. The van der Waals surface area contributed by atoms with Gasteiger partial charge in [0.05, 0.1) is 0 Å². The van der Waals surface area contributed by atoms with E-state index in [2.05, 4.69) is 11.0 Å². The van der Waals surface area contributed by atoms with Crippen LogP contribution in [0.25, 0.3) is 0 Å². The van der Waals surface area contributed by atoms with Gasteiger partial charge in [-0.1, -0.05) is 44.2 Å². The molecule has 0 aliphatic carbocycles. The average Bonchev–Trinajstić information content (AvgIpc) is 2.95. The number of hydrogen-bond donors (Lipinski definition) is 5. The number of hydrogen-bond acceptors (Lipinski definition) is 8. The van der Waals surface area contributed by atoms with Gasteiger partial charge in [0.1, 0.15) is 31.5 Å². The molecule has 11 nitrogen and oxygen atoms in total. The summed E-state index contributed by atoms with van der Waals surface area (Å²) in [5.41, 5.74) is 6.65. The molecule has 0 fully saturated rings. The molecule has 0 bridgehead atoms. The van der Waals surface area contributed by atoms with Crippen molar-refractivity contribution in [2.75, 3.05) is 26.3 Å². The lowest BCUT2D eigenvalue weighted by molar-refractivity contribution is -0.145. The van der Waals surface area contributed by atoms with E-state index >= 15 is 0 Å². The van der Waals surface area contributed by atoms with E-state index < -0.39 is 43.3 Å². The van der Waals surface area contributed by atoms with Gasteiger partial charge in [-0.2, -0.15) is 0 Å². The quantitative estimate of drug-likeness (QED) is 0.183. The number of rotatable bonds is 17. The number of carbonyl (C=O) groups is 3. The van der Waals surface area contributed by atoms with Crippen molar-refractivity contribution in [3.8, 4) is 0 Å². The fourth-order valence-corrected chi connectivity index (χ4v) is 3.94. The molecule has 2 aromatic rings. The SMILES string of the molecule is CCCN(CCC)C(=O)c1cc(C)cc(C(=O)NOC[C@H](O)[C@H](O)C(O)CONC(=O)CCc2ccccc2)c1. The van der Waals surface area contributed by atoms with Crippen LogP contribution in [0, 0.1) is 6.92 Å². The Balaban J connectivity index is 1.77. The van der Waals surface area contributed by atoms with Gasteiger partial charge in [0, 0.05) is 30.6 Å². The van der Waals surface area contributed by atoms with Crippen molar-refractivity contribution < 1.29 is 39.4 Å². The highest BCUT2D eigenvalue weighted by Gasteiger charge is 2.26. The van der Waals surface area contributed by atoms with E-state index in [1.165, 1.54) is 6.07 Å². The van der Waals surface area contributed by atoms with Crippen LogP contribution in [0.4, 0.5) is 0 Å². The van der Waals surface area contributed by atoms with Crippen molar-refractivity contribution in [2.45, 2.75) is 64.8 Å². The van der Waals surface area contributed by atoms with Gasteiger partial charge in [0.15, 0.2) is 0 Å². The summed E-state index contributed by atoms with van der Waals surface area (Å²) in [4.78, 5) is 49.2. The molecular weight excluding hydrogens is 518 g/mol. The Morgan fingerprint density at radius 1 is 0.850 bits per heavy atom. The second kappa shape index (κ2) is 17.4. The third kappa shape index (κ3) is 11.0. The van der Waals surface area contributed by atoms with Gasteiger partial charge in [-0.3, -0.25) is 24.1 Å². The standard InChI is InChI=1S/C29H41N3O8/c1-4-13-32(14-5-2)29(38)23-16-20(3)15-22(17-23)28(37)31-40-19-25(34)27(36)24(33)18-39-30-26(35)12-11-21-9-7-6-8-10-21/h6-10,15-17,24-25,27,33-34,36H,4-5,11-14,18-19H2,1-3H3,(H,30,35)(H,31,37)/t24?,25-,27+/m0/s1. The Morgan fingerprint density at radius 3 is 2.02 bits per heavy atom. The molecule has 220 valence electrons. The van der Waals surface area contributed by atoms with E-state index in [0.717, 1.165) is 24.0 Å². The Labute approximate surface area is 235 Å². The second-order valence-corrected chi connectivity index (χ2v) is 9.57. The molecule has 40 heavy (non-hydrogen) atoms. The summed E-state index contributed by atoms with van der Waals surface area (Å²) in [5.74, 6) is -1.20. The maximum atomic E-state index is 12.9. The molecule has 1 unspecified atom stereocenters. The van der Waals surface area contributed by atoms with E-state index in [1.54, 1.807) is 24.0 Å². The van der Waals surface area contributed by atoms with Crippen molar-refractivity contribution in [1.82, 2.24) is 15.9 Å². The first-order valence-electron chi connectivity index (χ1n) is 13.5. The van der Waals surface area contributed by atoms with Gasteiger partial charge in [-0.05, 0) is 55.5 Å². The summed E-state index contributed by atoms with van der Waals surface area (Å²) in [6.07, 6.45) is -2.47. The number of aliphatic hydroxyl groups excluding tert-OH is 3. The van der Waals surface area contributed by atoms with Crippen LogP contribution in [0.1, 0.15) is 65.0 Å². The van der Waals surface area contributed by atoms with Gasteiger partial charge in [0.25, 0.3) is 11.8 Å². The minimum atomic E-state index is -1.68. The summed E-state index contributed by atoms with van der Waals surface area (Å²) in [5, 5.41) is 30.3. The zero-order chi connectivity index (χ0) is 29.5. The minimum Gasteiger partial charge on any atom is -0.388 e. The zero-order valence-electron chi connectivity index (χ0n) is 23.3. The Bertz CT molecular complexity index is 1080. The third-order valence-electron chi connectivity index (χ3n) is 5.99. The molecule has 0 heterocycles. The molecule has 3 atom stereocenters. The normalized spacial score (nSPS) is 13.2. The molecule has 0 saturated heterocycles. The van der Waals surface area contributed by atoms with Gasteiger partial charge in [0.2, 0.25) is 5.91 Å². The number of benzene rings is 2. The maximum Gasteiger partial charge on any atom is 0.274 e. The summed E-state index contributed by atoms with van der Waals surface area (Å²) >= 11 is 0. The van der Waals surface area contributed by atoms with Crippen molar-refractivity contribution in [2.24, 2.45) is 0 Å². The van der Waals surface area contributed by atoms with E-state index in [1.807, 2.05) is 44.2 Å². The molecule has 2 aromatic carbocycles. The Morgan fingerprint density at radius 2 is 1.43 bits per heavy atom. The minimum absolute atomic E-state index is 0.162. The molecule has 5 N–H and O–H groups in total. The highest BCUT2D eigenvalue weighted by molar-refractivity contribution is 5.99. The monoisotopic (exact) mass is 559 g/mol. The first-order valence-corrected chi connectivity index (χ1v) is 13.5. The van der Waals surface area contributed by atoms with Crippen LogP contribution in [0.5, 0.6) is 0 Å². The van der Waals surface area contributed by atoms with E-state index in [-0.39, 0.29) is 17.9 Å². The molecule has 0 aliphatic rings. The fraction of sp³-hybridized carbons (Fsp3) is 0.483. The molecule has 0 aliphatic heterocycles. The average molecular weight is 560 g/mol. The maximum absolute atomic E-state index is 12.9. The number of carbonyl (C=O) groups excluding carboxylic acids is 3. The molecule has 0 spiro atoms. The van der Waals surface area contributed by atoms with Crippen LogP contribution in [-0.4, -0.2) is 82.6 Å². The van der Waals surface area contributed by atoms with Crippen LogP contribution in [0.2, 0.25) is 0 Å². The zero-order valence-corrected chi connectivity index (χ0v) is 23.3. The predicted molar refractivity (Wildman–Crippen MR) is 148 cm³/mol. The number of nitrogens with one attached hydrogen (secondary N) is 2. The third-order valence-corrected chi connectivity index (χ3v) is 5.99. The van der Waals surface area contributed by atoms with Crippen LogP contribution in [-0.2, 0) is 20.9 Å². The first kappa shape index (κ1) is 32.9. The van der Waals surface area contributed by atoms with Crippen molar-refractivity contribution >= 4 is 17.7 Å². The van der Waals surface area contributed by atoms with Crippen LogP contribution >= 0.6 is 0 Å². The van der Waals surface area contributed by atoms with Crippen LogP contribution in [0.3, 0.4) is 0 Å². The van der Waals surface area contributed by atoms with Crippen molar-refractivity contribution in [3.63, 3.8) is 0 Å². The second-order valence-electron chi connectivity index (χ2n) is 9.57. The van der Waals surface area contributed by atoms with Crippen LogP contribution in [0.15, 0.2) is 48.5 Å². The molecular formula is C29H41N3O8. The Kier molecular flexibility index (Phi) is 14.3. The molecule has 3 amide bonds. The lowest BCUT2D eigenvalue weighted by Gasteiger charge is -2.23. The molecule has 0 aromatic heterocycles. The Hall–Kier alpha value is -3.35. The highest BCUT2D eigenvalue weighted by atomic mass is 16.7. The lowest BCUT2D eigenvalue weighted by atomic mass is 10.0. The molecule has 0 saturated carbocycles. The summed E-state index contributed by atoms with van der Waals surface area (Å²) in [6, 6.07) is 14.2. The van der Waals surface area contributed by atoms with Gasteiger partial charge in [-0.15, -0.1) is 0 Å². The topological polar surface area (TPSA) is 158 Å². The summed E-state index contributed by atoms with van der Waals surface area (Å²) in [6.45, 7) is 5.97.